The number of aryl methyl sites for hydroxylation is 1. The molecule has 0 aliphatic heterocycles. The van der Waals surface area contributed by atoms with Crippen molar-refractivity contribution in [2.75, 3.05) is 6.26 Å². The third-order valence-electron chi connectivity index (χ3n) is 1.16. The molecule has 0 aromatic heterocycles. The molecule has 1 rings (SSSR count). The van der Waals surface area contributed by atoms with Crippen LogP contribution in [0.25, 0.3) is 0 Å². The first-order valence-corrected chi connectivity index (χ1v) is 4.18. The maximum atomic E-state index is 12.6. The lowest BCUT2D eigenvalue weighted by molar-refractivity contribution is 0.622. The molecule has 0 amide bonds. The Bertz CT molecular complexity index is 212. The van der Waals surface area contributed by atoms with E-state index in [0.717, 1.165) is 10.5 Å². The Morgan fingerprint density at radius 2 is 2.20 bits per heavy atom. The Labute approximate surface area is 64.4 Å². The summed E-state index contributed by atoms with van der Waals surface area (Å²) in [5, 5.41) is 0. The van der Waals surface area contributed by atoms with Crippen molar-refractivity contribution in [1.29, 1.82) is 0 Å². The summed E-state index contributed by atoms with van der Waals surface area (Å²) in [6.45, 7) is 1.84. The van der Waals surface area contributed by atoms with Crippen molar-refractivity contribution in [1.82, 2.24) is 0 Å². The zero-order valence-electron chi connectivity index (χ0n) is 5.94. The second-order valence-corrected chi connectivity index (χ2v) is 2.90. The molecule has 0 unspecified atom stereocenters. The number of benzene rings is 1. The Kier molecular flexibility index (Phi) is 2.33. The van der Waals surface area contributed by atoms with Crippen LogP contribution in [-0.2, 0) is 0 Å². The van der Waals surface area contributed by atoms with Gasteiger partial charge in [-0.1, -0.05) is 0 Å². The predicted octanol–water partition coefficient (Wildman–Crippen LogP) is 2.66. The van der Waals surface area contributed by atoms with E-state index in [1.165, 1.54) is 23.9 Å². The molecule has 0 saturated carbocycles. The molecule has 10 heavy (non-hydrogen) atoms. The molecule has 2 heteroatoms. The number of hydrogen-bond donors (Lipinski definition) is 0. The van der Waals surface area contributed by atoms with E-state index < -0.39 is 0 Å². The SMILES string of the molecule is CSc1[c]c(C)cc(F)c1. The van der Waals surface area contributed by atoms with Crippen LogP contribution in [0.3, 0.4) is 0 Å². The Hall–Kier alpha value is -0.500. The van der Waals surface area contributed by atoms with Gasteiger partial charge in [-0.3, -0.25) is 0 Å². The molecule has 53 valence electrons. The van der Waals surface area contributed by atoms with E-state index in [9.17, 15) is 4.39 Å². The number of hydrogen-bond acceptors (Lipinski definition) is 1. The summed E-state index contributed by atoms with van der Waals surface area (Å²) in [4.78, 5) is 0.859. The summed E-state index contributed by atoms with van der Waals surface area (Å²) >= 11 is 1.50. The monoisotopic (exact) mass is 155 g/mol. The zero-order valence-corrected chi connectivity index (χ0v) is 6.76. The molecular formula is C8H8FS. The molecule has 1 aromatic carbocycles. The molecule has 0 aliphatic rings. The lowest BCUT2D eigenvalue weighted by Gasteiger charge is -1.96. The molecule has 0 atom stereocenters. The van der Waals surface area contributed by atoms with Gasteiger partial charge in [0, 0.05) is 4.90 Å². The van der Waals surface area contributed by atoms with Crippen LogP contribution >= 0.6 is 11.8 Å². The molecule has 0 bridgehead atoms. The van der Waals surface area contributed by atoms with Gasteiger partial charge >= 0.3 is 0 Å². The molecule has 0 aliphatic carbocycles. The van der Waals surface area contributed by atoms with Crippen LogP contribution in [0.1, 0.15) is 5.56 Å². The molecule has 0 fully saturated rings. The van der Waals surface area contributed by atoms with E-state index in [2.05, 4.69) is 6.07 Å². The Morgan fingerprint density at radius 3 is 2.70 bits per heavy atom. The molecular weight excluding hydrogens is 147 g/mol. The van der Waals surface area contributed by atoms with Crippen LogP contribution in [-0.4, -0.2) is 6.26 Å². The van der Waals surface area contributed by atoms with Gasteiger partial charge in [0.15, 0.2) is 0 Å². The highest BCUT2D eigenvalue weighted by Gasteiger charge is 1.95. The number of thioether (sulfide) groups is 1. The van der Waals surface area contributed by atoms with Gasteiger partial charge in [-0.25, -0.2) is 4.39 Å². The quantitative estimate of drug-likeness (QED) is 0.562. The Morgan fingerprint density at radius 1 is 1.50 bits per heavy atom. The van der Waals surface area contributed by atoms with E-state index in [1.807, 2.05) is 13.2 Å². The minimum atomic E-state index is -0.180. The maximum absolute atomic E-state index is 12.6. The topological polar surface area (TPSA) is 0 Å². The predicted molar refractivity (Wildman–Crippen MR) is 41.8 cm³/mol. The molecule has 0 saturated heterocycles. The lowest BCUT2D eigenvalue weighted by atomic mass is 10.2. The Balaban J connectivity index is 3.06. The van der Waals surface area contributed by atoms with Gasteiger partial charge in [0.05, 0.1) is 0 Å². The average Bonchev–Trinajstić information content (AvgIpc) is 1.85. The van der Waals surface area contributed by atoms with Crippen molar-refractivity contribution in [3.05, 3.63) is 29.6 Å². The number of rotatable bonds is 1. The molecule has 0 nitrogen and oxygen atoms in total. The average molecular weight is 155 g/mol. The summed E-state index contributed by atoms with van der Waals surface area (Å²) < 4.78 is 12.6. The third kappa shape index (κ3) is 1.74. The van der Waals surface area contributed by atoms with E-state index in [-0.39, 0.29) is 5.82 Å². The number of halogens is 1. The first-order chi connectivity index (χ1) is 4.72. The maximum Gasteiger partial charge on any atom is 0.124 e. The van der Waals surface area contributed by atoms with Crippen molar-refractivity contribution >= 4 is 11.8 Å². The van der Waals surface area contributed by atoms with Gasteiger partial charge in [-0.05, 0) is 36.9 Å². The van der Waals surface area contributed by atoms with Crippen molar-refractivity contribution in [3.8, 4) is 0 Å². The largest absolute Gasteiger partial charge is 0.207 e. The highest BCUT2D eigenvalue weighted by Crippen LogP contribution is 2.16. The summed E-state index contributed by atoms with van der Waals surface area (Å²) in [5.41, 5.74) is 0.851. The fourth-order valence-corrected chi connectivity index (χ4v) is 1.24. The van der Waals surface area contributed by atoms with E-state index >= 15 is 0 Å². The molecule has 1 aromatic rings. The minimum absolute atomic E-state index is 0.180. The van der Waals surface area contributed by atoms with Gasteiger partial charge in [0.2, 0.25) is 0 Å². The fraction of sp³-hybridized carbons (Fsp3) is 0.250. The van der Waals surface area contributed by atoms with Crippen molar-refractivity contribution in [2.24, 2.45) is 0 Å². The molecule has 0 spiro atoms. The van der Waals surface area contributed by atoms with Gasteiger partial charge in [-0.2, -0.15) is 0 Å². The van der Waals surface area contributed by atoms with E-state index in [0.29, 0.717) is 0 Å². The van der Waals surface area contributed by atoms with Crippen LogP contribution in [0.15, 0.2) is 17.0 Å². The molecule has 0 heterocycles. The van der Waals surface area contributed by atoms with Gasteiger partial charge < -0.3 is 0 Å². The second kappa shape index (κ2) is 3.06. The molecule has 1 radical (unpaired) electrons. The lowest BCUT2D eigenvalue weighted by Crippen LogP contribution is -1.79. The van der Waals surface area contributed by atoms with Crippen LogP contribution in [0.2, 0.25) is 0 Å². The summed E-state index contributed by atoms with van der Waals surface area (Å²) in [6.07, 6.45) is 1.91. The van der Waals surface area contributed by atoms with Crippen LogP contribution in [0, 0.1) is 18.8 Å². The van der Waals surface area contributed by atoms with Gasteiger partial charge in [0.1, 0.15) is 5.82 Å². The zero-order chi connectivity index (χ0) is 7.56. The van der Waals surface area contributed by atoms with Crippen molar-refractivity contribution in [2.45, 2.75) is 11.8 Å². The minimum Gasteiger partial charge on any atom is -0.207 e. The summed E-state index contributed by atoms with van der Waals surface area (Å²) in [6, 6.07) is 5.98. The van der Waals surface area contributed by atoms with Crippen LogP contribution in [0.5, 0.6) is 0 Å². The van der Waals surface area contributed by atoms with E-state index in [4.69, 9.17) is 0 Å². The first kappa shape index (κ1) is 7.61. The second-order valence-electron chi connectivity index (χ2n) is 2.05. The van der Waals surface area contributed by atoms with E-state index in [1.54, 1.807) is 0 Å². The summed E-state index contributed by atoms with van der Waals surface area (Å²) in [7, 11) is 0. The highest BCUT2D eigenvalue weighted by atomic mass is 32.2. The van der Waals surface area contributed by atoms with Crippen molar-refractivity contribution < 1.29 is 4.39 Å². The van der Waals surface area contributed by atoms with Crippen LogP contribution < -0.4 is 0 Å². The van der Waals surface area contributed by atoms with Crippen molar-refractivity contribution in [3.63, 3.8) is 0 Å². The fourth-order valence-electron chi connectivity index (χ4n) is 0.750. The third-order valence-corrected chi connectivity index (χ3v) is 1.82. The summed E-state index contributed by atoms with van der Waals surface area (Å²) in [5.74, 6) is -0.180. The van der Waals surface area contributed by atoms with Gasteiger partial charge in [0.25, 0.3) is 0 Å². The molecule has 0 N–H and O–H groups in total. The normalized spacial score (nSPS) is 9.90. The first-order valence-electron chi connectivity index (χ1n) is 2.96. The standard InChI is InChI=1S/C8H8FS/c1-6-3-7(9)5-8(4-6)10-2/h3,5H,1-2H3. The van der Waals surface area contributed by atoms with Gasteiger partial charge in [-0.15, -0.1) is 11.8 Å². The highest BCUT2D eigenvalue weighted by molar-refractivity contribution is 7.98. The van der Waals surface area contributed by atoms with Crippen LogP contribution in [0.4, 0.5) is 4.39 Å². The smallest absolute Gasteiger partial charge is 0.124 e.